The summed E-state index contributed by atoms with van der Waals surface area (Å²) in [5, 5.41) is 2.31. The molecule has 5 nitrogen and oxygen atoms in total. The Morgan fingerprint density at radius 1 is 0.473 bits per heavy atom. The molecule has 8 aromatic rings. The summed E-state index contributed by atoms with van der Waals surface area (Å²) in [6.45, 7) is 9.99. The number of fused-ring (bicyclic) bond motifs is 3. The first-order chi connectivity index (χ1) is 26.8. The molecule has 2 aromatic heterocycles. The van der Waals surface area contributed by atoms with E-state index in [1.165, 1.54) is 33.3 Å². The van der Waals surface area contributed by atoms with Gasteiger partial charge in [0.05, 0.1) is 17.9 Å². The van der Waals surface area contributed by atoms with E-state index in [0.29, 0.717) is 6.67 Å². The van der Waals surface area contributed by atoms with Gasteiger partial charge < -0.3 is 14.5 Å². The first-order valence-corrected chi connectivity index (χ1v) is 19.0. The van der Waals surface area contributed by atoms with E-state index >= 15 is 0 Å². The predicted octanol–water partition coefficient (Wildman–Crippen LogP) is 12.4. The zero-order chi connectivity index (χ0) is 37.6. The normalized spacial score (nSPS) is 13.2. The molecule has 3 heterocycles. The van der Waals surface area contributed by atoms with Crippen LogP contribution in [0.2, 0.25) is 0 Å². The van der Waals surface area contributed by atoms with E-state index in [4.69, 9.17) is 9.72 Å². The lowest BCUT2D eigenvalue weighted by Gasteiger charge is -2.33. The number of nitrogens with zero attached hydrogens (tertiary/aromatic N) is 4. The highest BCUT2D eigenvalue weighted by atomic mass is 16.5. The minimum absolute atomic E-state index is 0.192. The second kappa shape index (κ2) is 13.7. The molecule has 0 bridgehead atoms. The maximum Gasteiger partial charge on any atom is 0.145 e. The number of hydrogen-bond donors (Lipinski definition) is 0. The Labute approximate surface area is 323 Å². The van der Waals surface area contributed by atoms with E-state index in [9.17, 15) is 0 Å². The Balaban J connectivity index is 1.00. The van der Waals surface area contributed by atoms with Gasteiger partial charge in [-0.1, -0.05) is 125 Å². The van der Waals surface area contributed by atoms with Crippen molar-refractivity contribution in [2.24, 2.45) is 0 Å². The maximum atomic E-state index is 6.55. The molecule has 0 saturated heterocycles. The Bertz CT molecular complexity index is 2550. The zero-order valence-corrected chi connectivity index (χ0v) is 31.7. The molecule has 0 unspecified atom stereocenters. The largest absolute Gasteiger partial charge is 0.457 e. The quantitative estimate of drug-likeness (QED) is 0.149. The van der Waals surface area contributed by atoms with Gasteiger partial charge in [-0.25, -0.2) is 4.98 Å². The first kappa shape index (κ1) is 34.2. The van der Waals surface area contributed by atoms with E-state index < -0.39 is 0 Å². The maximum absolute atomic E-state index is 6.55. The van der Waals surface area contributed by atoms with Gasteiger partial charge >= 0.3 is 0 Å². The molecule has 0 fully saturated rings. The number of anilines is 2. The van der Waals surface area contributed by atoms with E-state index in [1.807, 2.05) is 30.5 Å². The van der Waals surface area contributed by atoms with Crippen LogP contribution in [0.5, 0.6) is 11.5 Å². The SMILES string of the molecule is CC(C)(c1ccccc1)c1cc(N2C=CN(c3cccc(Oc4cccc(-n5c6ccccc6c6cccnc65)c4)c3)C2)cc(C(C)(C)c2ccccc2)c1. The molecule has 55 heavy (non-hydrogen) atoms. The number of benzene rings is 6. The highest BCUT2D eigenvalue weighted by molar-refractivity contribution is 6.07. The minimum Gasteiger partial charge on any atom is -0.457 e. The van der Waals surface area contributed by atoms with Crippen LogP contribution < -0.4 is 14.5 Å². The number of hydrogen-bond acceptors (Lipinski definition) is 4. The fraction of sp³-hybridized carbons (Fsp3) is 0.140. The van der Waals surface area contributed by atoms with Crippen molar-refractivity contribution in [2.75, 3.05) is 16.5 Å². The lowest BCUT2D eigenvalue weighted by atomic mass is 9.73. The number of para-hydroxylation sites is 1. The first-order valence-electron chi connectivity index (χ1n) is 19.0. The summed E-state index contributed by atoms with van der Waals surface area (Å²) < 4.78 is 8.75. The van der Waals surface area contributed by atoms with Gasteiger partial charge in [0, 0.05) is 63.7 Å². The molecule has 0 saturated carbocycles. The fourth-order valence-electron chi connectivity index (χ4n) is 7.90. The summed E-state index contributed by atoms with van der Waals surface area (Å²) in [6, 6.07) is 57.9. The molecule has 6 aromatic carbocycles. The van der Waals surface area contributed by atoms with Gasteiger partial charge in [0.2, 0.25) is 0 Å². The minimum atomic E-state index is -0.192. The molecule has 270 valence electrons. The highest BCUT2D eigenvalue weighted by Gasteiger charge is 2.30. The Hall–Kier alpha value is -6.59. The van der Waals surface area contributed by atoms with Crippen LogP contribution in [0.25, 0.3) is 27.6 Å². The van der Waals surface area contributed by atoms with Crippen LogP contribution in [0.1, 0.15) is 49.9 Å². The van der Waals surface area contributed by atoms with Crippen LogP contribution in [0.15, 0.2) is 182 Å². The molecule has 0 amide bonds. The molecule has 0 atom stereocenters. The van der Waals surface area contributed by atoms with E-state index in [-0.39, 0.29) is 10.8 Å². The number of pyridine rings is 1. The van der Waals surface area contributed by atoms with Crippen LogP contribution >= 0.6 is 0 Å². The fourth-order valence-corrected chi connectivity index (χ4v) is 7.90. The molecule has 1 aliphatic rings. The van der Waals surface area contributed by atoms with Gasteiger partial charge in [0.25, 0.3) is 0 Å². The molecule has 1 aliphatic heterocycles. The lowest BCUT2D eigenvalue weighted by Crippen LogP contribution is -2.27. The van der Waals surface area contributed by atoms with Gasteiger partial charge in [-0.05, 0) is 76.9 Å². The third-order valence-electron chi connectivity index (χ3n) is 11.3. The van der Waals surface area contributed by atoms with Crippen molar-refractivity contribution in [1.82, 2.24) is 9.55 Å². The topological polar surface area (TPSA) is 33.5 Å². The van der Waals surface area contributed by atoms with Gasteiger partial charge in [-0.2, -0.15) is 0 Å². The highest BCUT2D eigenvalue weighted by Crippen LogP contribution is 2.41. The average molecular weight is 717 g/mol. The summed E-state index contributed by atoms with van der Waals surface area (Å²) in [5.41, 5.74) is 10.1. The summed E-state index contributed by atoms with van der Waals surface area (Å²) in [5.74, 6) is 1.54. The Morgan fingerprint density at radius 2 is 1.02 bits per heavy atom. The van der Waals surface area contributed by atoms with Gasteiger partial charge in [0.15, 0.2) is 0 Å². The molecular weight excluding hydrogens is 673 g/mol. The van der Waals surface area contributed by atoms with Crippen molar-refractivity contribution in [1.29, 1.82) is 0 Å². The van der Waals surface area contributed by atoms with Crippen molar-refractivity contribution in [3.8, 4) is 17.2 Å². The summed E-state index contributed by atoms with van der Waals surface area (Å²) in [6.07, 6.45) is 6.20. The Morgan fingerprint density at radius 3 is 1.67 bits per heavy atom. The average Bonchev–Trinajstić information content (AvgIpc) is 3.86. The smallest absolute Gasteiger partial charge is 0.145 e. The molecular formula is C50H44N4O. The monoisotopic (exact) mass is 716 g/mol. The predicted molar refractivity (Wildman–Crippen MR) is 228 cm³/mol. The second-order valence-corrected chi connectivity index (χ2v) is 15.5. The molecule has 0 N–H and O–H groups in total. The van der Waals surface area contributed by atoms with Crippen molar-refractivity contribution in [3.63, 3.8) is 0 Å². The van der Waals surface area contributed by atoms with Crippen molar-refractivity contribution in [3.05, 3.63) is 205 Å². The van der Waals surface area contributed by atoms with Crippen LogP contribution in [0, 0.1) is 0 Å². The molecule has 0 spiro atoms. The lowest BCUT2D eigenvalue weighted by molar-refractivity contribution is 0.482. The van der Waals surface area contributed by atoms with E-state index in [0.717, 1.165) is 39.4 Å². The number of ether oxygens (including phenoxy) is 1. The summed E-state index contributed by atoms with van der Waals surface area (Å²) >= 11 is 0. The third-order valence-corrected chi connectivity index (χ3v) is 11.3. The summed E-state index contributed by atoms with van der Waals surface area (Å²) in [4.78, 5) is 9.37. The van der Waals surface area contributed by atoms with Crippen molar-refractivity contribution < 1.29 is 4.74 Å². The van der Waals surface area contributed by atoms with Gasteiger partial charge in [-0.3, -0.25) is 4.57 Å². The molecule has 0 aliphatic carbocycles. The van der Waals surface area contributed by atoms with Crippen molar-refractivity contribution in [2.45, 2.75) is 38.5 Å². The molecule has 5 heteroatoms. The van der Waals surface area contributed by atoms with Crippen LogP contribution in [0.3, 0.4) is 0 Å². The van der Waals surface area contributed by atoms with Gasteiger partial charge in [-0.15, -0.1) is 0 Å². The van der Waals surface area contributed by atoms with Crippen LogP contribution in [-0.4, -0.2) is 16.2 Å². The summed E-state index contributed by atoms with van der Waals surface area (Å²) in [7, 11) is 0. The van der Waals surface area contributed by atoms with Crippen molar-refractivity contribution >= 4 is 33.3 Å². The third kappa shape index (κ3) is 6.32. The Kier molecular flexibility index (Phi) is 8.50. The molecule has 9 rings (SSSR count). The van der Waals surface area contributed by atoms with Crippen LogP contribution in [-0.2, 0) is 10.8 Å². The zero-order valence-electron chi connectivity index (χ0n) is 31.7. The van der Waals surface area contributed by atoms with Gasteiger partial charge in [0.1, 0.15) is 17.1 Å². The number of aromatic nitrogens is 2. The molecule has 0 radical (unpaired) electrons. The van der Waals surface area contributed by atoms with Crippen LogP contribution in [0.4, 0.5) is 11.4 Å². The van der Waals surface area contributed by atoms with E-state index in [1.54, 1.807) is 0 Å². The standard InChI is InChI=1S/C50H44N4O/c1-49(2,36-16-7-5-8-17-36)38-30-39(50(3,4)37-18-9-6-10-19-37)32-42(31-38)53-29-28-52(35-53)40-20-13-22-43(33-40)55-44-23-14-21-41(34-44)54-47-26-12-11-24-45(47)46-25-15-27-51-48(46)54/h5-34H,35H2,1-4H3. The number of rotatable bonds is 9. The second-order valence-electron chi connectivity index (χ2n) is 15.5. The van der Waals surface area contributed by atoms with E-state index in [2.05, 4.69) is 194 Å².